The molecule has 0 radical (unpaired) electrons. The van der Waals surface area contributed by atoms with Gasteiger partial charge in [0.1, 0.15) is 11.9 Å². The van der Waals surface area contributed by atoms with Gasteiger partial charge in [0.15, 0.2) is 0 Å². The van der Waals surface area contributed by atoms with E-state index in [4.69, 9.17) is 4.42 Å². The number of rotatable bonds is 6. The molecule has 132 valence electrons. The molecule has 0 aliphatic rings. The summed E-state index contributed by atoms with van der Waals surface area (Å²) in [5, 5.41) is 20.2. The Morgan fingerprint density at radius 3 is 2.62 bits per heavy atom. The number of carbonyl (C=O) groups is 1. The lowest BCUT2D eigenvalue weighted by atomic mass is 10.1. The van der Waals surface area contributed by atoms with E-state index in [0.717, 1.165) is 17.0 Å². The maximum Gasteiger partial charge on any atom is 0.315 e. The minimum Gasteiger partial charge on any atom is -0.467 e. The molecule has 2 aromatic rings. The molecule has 0 bridgehead atoms. The Balaban J connectivity index is 1.88. The molecule has 0 saturated heterocycles. The predicted molar refractivity (Wildman–Crippen MR) is 90.5 cm³/mol. The molecule has 7 nitrogen and oxygen atoms in total. The monoisotopic (exact) mass is 334 g/mol. The zero-order valence-electron chi connectivity index (χ0n) is 14.8. The van der Waals surface area contributed by atoms with Crippen LogP contribution >= 0.6 is 0 Å². The van der Waals surface area contributed by atoms with Gasteiger partial charge in [0.25, 0.3) is 0 Å². The number of urea groups is 1. The third-order valence-electron chi connectivity index (χ3n) is 4.17. The molecule has 0 unspecified atom stereocenters. The maximum atomic E-state index is 12.2. The van der Waals surface area contributed by atoms with Crippen molar-refractivity contribution < 1.29 is 14.3 Å². The molecule has 3 N–H and O–H groups in total. The molecule has 7 heteroatoms. The van der Waals surface area contributed by atoms with Crippen LogP contribution in [0, 0.1) is 13.8 Å². The molecule has 2 aromatic heterocycles. The number of aromatic nitrogens is 2. The molecule has 2 amide bonds. The lowest BCUT2D eigenvalue weighted by molar-refractivity contribution is 0.129. The average molecular weight is 334 g/mol. The van der Waals surface area contributed by atoms with Crippen LogP contribution in [0.3, 0.4) is 0 Å². The molecular formula is C17H26N4O3. The van der Waals surface area contributed by atoms with Crippen molar-refractivity contribution in [2.75, 3.05) is 0 Å². The van der Waals surface area contributed by atoms with Crippen molar-refractivity contribution in [3.8, 4) is 0 Å². The Kier molecular flexibility index (Phi) is 5.66. The van der Waals surface area contributed by atoms with E-state index in [1.165, 1.54) is 6.26 Å². The first-order chi connectivity index (χ1) is 11.3. The summed E-state index contributed by atoms with van der Waals surface area (Å²) in [6.45, 7) is 7.68. The third-order valence-corrected chi connectivity index (χ3v) is 4.17. The maximum absolute atomic E-state index is 12.2. The molecule has 0 aromatic carbocycles. The number of nitrogens with one attached hydrogen (secondary N) is 2. The van der Waals surface area contributed by atoms with Crippen LogP contribution in [0.15, 0.2) is 22.8 Å². The van der Waals surface area contributed by atoms with Gasteiger partial charge in [0.2, 0.25) is 0 Å². The quantitative estimate of drug-likeness (QED) is 0.757. The van der Waals surface area contributed by atoms with E-state index in [1.807, 2.05) is 39.4 Å². The normalized spacial score (nSPS) is 14.9. The molecule has 3 atom stereocenters. The first-order valence-electron chi connectivity index (χ1n) is 8.08. The number of carbonyl (C=O) groups excluding carboxylic acids is 1. The minimum atomic E-state index is -0.740. The van der Waals surface area contributed by atoms with Crippen LogP contribution in [0.1, 0.15) is 55.1 Å². The number of furan rings is 1. The predicted octanol–water partition coefficient (Wildman–Crippen LogP) is 2.50. The molecule has 0 saturated carbocycles. The van der Waals surface area contributed by atoms with E-state index in [2.05, 4.69) is 15.7 Å². The van der Waals surface area contributed by atoms with Crippen molar-refractivity contribution in [3.05, 3.63) is 41.1 Å². The Morgan fingerprint density at radius 1 is 1.38 bits per heavy atom. The van der Waals surface area contributed by atoms with E-state index < -0.39 is 6.10 Å². The van der Waals surface area contributed by atoms with Crippen molar-refractivity contribution in [2.24, 2.45) is 7.05 Å². The summed E-state index contributed by atoms with van der Waals surface area (Å²) in [5.74, 6) is 0.499. The molecule has 2 rings (SSSR count). The molecular weight excluding hydrogens is 308 g/mol. The van der Waals surface area contributed by atoms with Gasteiger partial charge < -0.3 is 20.2 Å². The van der Waals surface area contributed by atoms with E-state index >= 15 is 0 Å². The minimum absolute atomic E-state index is 0.152. The first-order valence-corrected chi connectivity index (χ1v) is 8.08. The molecule has 0 fully saturated rings. The lowest BCUT2D eigenvalue weighted by Crippen LogP contribution is -2.42. The lowest BCUT2D eigenvalue weighted by Gasteiger charge is -2.20. The zero-order chi connectivity index (χ0) is 17.9. The van der Waals surface area contributed by atoms with Gasteiger partial charge in [-0.2, -0.15) is 5.10 Å². The Labute approximate surface area is 142 Å². The molecule has 24 heavy (non-hydrogen) atoms. The second-order valence-electron chi connectivity index (χ2n) is 6.22. The third kappa shape index (κ3) is 4.17. The topological polar surface area (TPSA) is 92.3 Å². The number of amides is 2. The Morgan fingerprint density at radius 2 is 2.08 bits per heavy atom. The van der Waals surface area contributed by atoms with E-state index in [1.54, 1.807) is 12.1 Å². The van der Waals surface area contributed by atoms with Gasteiger partial charge in [0.05, 0.1) is 18.0 Å². The highest BCUT2D eigenvalue weighted by Crippen LogP contribution is 2.21. The summed E-state index contributed by atoms with van der Waals surface area (Å²) in [7, 11) is 1.89. The fraction of sp³-hybridized carbons (Fsp3) is 0.529. The first kappa shape index (κ1) is 18.1. The van der Waals surface area contributed by atoms with Gasteiger partial charge in [-0.25, -0.2) is 4.79 Å². The SMILES string of the molecule is Cc1nn(C)c(C)c1[C@H](C)NC(=O)N[C@H](C)C[C@H](O)c1ccco1. The number of hydrogen-bond donors (Lipinski definition) is 3. The highest BCUT2D eigenvalue weighted by Gasteiger charge is 2.20. The summed E-state index contributed by atoms with van der Waals surface area (Å²) in [6.07, 6.45) is 1.15. The van der Waals surface area contributed by atoms with Crippen molar-refractivity contribution in [1.82, 2.24) is 20.4 Å². The van der Waals surface area contributed by atoms with Crippen LogP contribution in [-0.4, -0.2) is 27.0 Å². The van der Waals surface area contributed by atoms with Gasteiger partial charge in [-0.1, -0.05) is 0 Å². The number of nitrogens with zero attached hydrogens (tertiary/aromatic N) is 2. The molecule has 0 aliphatic heterocycles. The van der Waals surface area contributed by atoms with E-state index in [9.17, 15) is 9.90 Å². The summed E-state index contributed by atoms with van der Waals surface area (Å²) >= 11 is 0. The second-order valence-corrected chi connectivity index (χ2v) is 6.22. The molecule has 0 aliphatic carbocycles. The van der Waals surface area contributed by atoms with Crippen molar-refractivity contribution in [3.63, 3.8) is 0 Å². The second kappa shape index (κ2) is 7.53. The number of aliphatic hydroxyl groups is 1. The van der Waals surface area contributed by atoms with E-state index in [0.29, 0.717) is 12.2 Å². The largest absolute Gasteiger partial charge is 0.467 e. The van der Waals surface area contributed by atoms with Crippen LogP contribution in [0.2, 0.25) is 0 Å². The number of hydrogen-bond acceptors (Lipinski definition) is 4. The highest BCUT2D eigenvalue weighted by molar-refractivity contribution is 5.74. The van der Waals surface area contributed by atoms with Crippen molar-refractivity contribution in [1.29, 1.82) is 0 Å². The average Bonchev–Trinajstić information content (AvgIpc) is 3.07. The Hall–Kier alpha value is -2.28. The molecule has 2 heterocycles. The van der Waals surface area contributed by atoms with Crippen molar-refractivity contribution in [2.45, 2.75) is 52.3 Å². The highest BCUT2D eigenvalue weighted by atomic mass is 16.4. The van der Waals surface area contributed by atoms with Crippen LogP contribution in [-0.2, 0) is 7.05 Å². The summed E-state index contributed by atoms with van der Waals surface area (Å²) < 4.78 is 6.97. The summed E-state index contributed by atoms with van der Waals surface area (Å²) in [5.41, 5.74) is 2.96. The fourth-order valence-corrected chi connectivity index (χ4v) is 2.94. The standard InChI is InChI=1S/C17H26N4O3/c1-10(9-14(22)15-7-6-8-24-15)18-17(23)19-11(2)16-12(3)20-21(5)13(16)4/h6-8,10-11,14,22H,9H2,1-5H3,(H2,18,19,23)/t10-,11+,14+/m1/s1. The van der Waals surface area contributed by atoms with Gasteiger partial charge in [0, 0.05) is 30.8 Å². The fourth-order valence-electron chi connectivity index (χ4n) is 2.94. The number of aryl methyl sites for hydroxylation is 2. The van der Waals surface area contributed by atoms with Crippen molar-refractivity contribution >= 4 is 6.03 Å². The van der Waals surface area contributed by atoms with E-state index in [-0.39, 0.29) is 18.1 Å². The molecule has 0 spiro atoms. The summed E-state index contributed by atoms with van der Waals surface area (Å²) in [6, 6.07) is 2.82. The summed E-state index contributed by atoms with van der Waals surface area (Å²) in [4.78, 5) is 12.2. The van der Waals surface area contributed by atoms with Crippen LogP contribution in [0.5, 0.6) is 0 Å². The van der Waals surface area contributed by atoms with Crippen LogP contribution in [0.4, 0.5) is 4.79 Å². The zero-order valence-corrected chi connectivity index (χ0v) is 14.8. The van der Waals surface area contributed by atoms with Crippen LogP contribution in [0.25, 0.3) is 0 Å². The van der Waals surface area contributed by atoms with Gasteiger partial charge >= 0.3 is 6.03 Å². The Bertz CT molecular complexity index is 678. The van der Waals surface area contributed by atoms with Gasteiger partial charge in [-0.3, -0.25) is 4.68 Å². The van der Waals surface area contributed by atoms with Crippen LogP contribution < -0.4 is 10.6 Å². The number of aliphatic hydroxyl groups excluding tert-OH is 1. The van der Waals surface area contributed by atoms with Gasteiger partial charge in [-0.05, 0) is 39.8 Å². The van der Waals surface area contributed by atoms with Gasteiger partial charge in [-0.15, -0.1) is 0 Å². The smallest absolute Gasteiger partial charge is 0.315 e.